The highest BCUT2D eigenvalue weighted by atomic mass is 32.2. The molecule has 1 aliphatic rings. The Morgan fingerprint density at radius 3 is 2.49 bits per heavy atom. The molecule has 15 nitrogen and oxygen atoms in total. The van der Waals surface area contributed by atoms with Gasteiger partial charge in [0.2, 0.25) is 33.5 Å². The summed E-state index contributed by atoms with van der Waals surface area (Å²) in [7, 11) is -3.93. The van der Waals surface area contributed by atoms with E-state index in [1.165, 1.54) is 6.20 Å². The molecule has 68 heavy (non-hydrogen) atoms. The van der Waals surface area contributed by atoms with E-state index in [4.69, 9.17) is 9.47 Å². The third-order valence-electron chi connectivity index (χ3n) is 11.4. The van der Waals surface area contributed by atoms with Crippen LogP contribution in [0.15, 0.2) is 84.6 Å². The number of nitrogens with zero attached hydrogens (tertiary/aromatic N) is 3. The Kier molecular flexibility index (Phi) is 15.4. The third kappa shape index (κ3) is 11.6. The summed E-state index contributed by atoms with van der Waals surface area (Å²) >= 11 is 1.57. The number of likely N-dealkylation sites (tertiary alicyclic amines) is 1. The van der Waals surface area contributed by atoms with Crippen LogP contribution in [0.3, 0.4) is 0 Å². The minimum absolute atomic E-state index is 0.0322. The molecule has 4 heterocycles. The van der Waals surface area contributed by atoms with Gasteiger partial charge in [0.25, 0.3) is 0 Å². The lowest BCUT2D eigenvalue weighted by Gasteiger charge is -2.35. The van der Waals surface area contributed by atoms with Crippen molar-refractivity contribution in [3.63, 3.8) is 0 Å². The van der Waals surface area contributed by atoms with Crippen molar-refractivity contribution >= 4 is 61.6 Å². The molecule has 1 fully saturated rings. The first-order chi connectivity index (χ1) is 32.4. The molecular formula is C49H53F2N7O8S2. The lowest BCUT2D eigenvalue weighted by Crippen LogP contribution is -2.58. The molecular weight excluding hydrogens is 917 g/mol. The zero-order valence-corrected chi connectivity index (χ0v) is 39.9. The Labute approximate surface area is 397 Å². The average molecular weight is 970 g/mol. The maximum absolute atomic E-state index is 15.5. The highest BCUT2D eigenvalue weighted by Gasteiger charge is 2.42. The molecule has 3 aromatic heterocycles. The van der Waals surface area contributed by atoms with E-state index in [1.807, 2.05) is 57.5 Å². The normalized spacial score (nSPS) is 14.5. The molecule has 0 bridgehead atoms. The van der Waals surface area contributed by atoms with Gasteiger partial charge in [-0.1, -0.05) is 64.1 Å². The number of fused-ring (bicyclic) bond motifs is 1. The number of amides is 3. The van der Waals surface area contributed by atoms with Gasteiger partial charge in [0.05, 0.1) is 39.7 Å². The molecule has 2 atom stereocenters. The minimum atomic E-state index is -3.93. The lowest BCUT2D eigenvalue weighted by molar-refractivity contribution is -0.144. The number of hydrogen-bond acceptors (Lipinski definition) is 11. The van der Waals surface area contributed by atoms with Crippen LogP contribution >= 0.6 is 11.3 Å². The Morgan fingerprint density at radius 2 is 1.76 bits per heavy atom. The fraction of sp³-hybridized carbons (Fsp3) is 0.347. The molecule has 3 amide bonds. The first-order valence-corrected chi connectivity index (χ1v) is 24.7. The SMILES string of the molecule is CCCS(=O)(=O)Nc1ccc(F)c(C(=O)c2c[nH]c3ncc(-c4cccc(OCCOCC(=O)N[C@H](C(=O)N5CCC[C@H]5C(=O)NCc5ccc(-c6scnc6C)cc5)C(C)(C)C)c4)cc23)c1F. The number of carbonyl (C=O) groups is 4. The van der Waals surface area contributed by atoms with Crippen LogP contribution in [0.25, 0.3) is 32.6 Å². The summed E-state index contributed by atoms with van der Waals surface area (Å²) in [6.07, 6.45) is 4.27. The topological polar surface area (TPSA) is 202 Å². The number of pyridine rings is 1. The van der Waals surface area contributed by atoms with Gasteiger partial charge in [-0.15, -0.1) is 11.3 Å². The highest BCUT2D eigenvalue weighted by Crippen LogP contribution is 2.32. The van der Waals surface area contributed by atoms with Gasteiger partial charge in [-0.3, -0.25) is 23.9 Å². The summed E-state index contributed by atoms with van der Waals surface area (Å²) in [5.74, 6) is -4.43. The van der Waals surface area contributed by atoms with Crippen molar-refractivity contribution in [1.29, 1.82) is 0 Å². The van der Waals surface area contributed by atoms with E-state index in [0.717, 1.165) is 33.8 Å². The molecule has 0 aliphatic carbocycles. The number of aromatic nitrogens is 3. The molecule has 4 N–H and O–H groups in total. The molecule has 0 unspecified atom stereocenters. The van der Waals surface area contributed by atoms with Crippen LogP contribution in [0.5, 0.6) is 5.75 Å². The number of anilines is 1. The van der Waals surface area contributed by atoms with Crippen LogP contribution in [0, 0.1) is 24.0 Å². The van der Waals surface area contributed by atoms with Gasteiger partial charge < -0.3 is 30.0 Å². The highest BCUT2D eigenvalue weighted by molar-refractivity contribution is 7.92. The van der Waals surface area contributed by atoms with E-state index in [9.17, 15) is 27.6 Å². The largest absolute Gasteiger partial charge is 0.491 e. The van der Waals surface area contributed by atoms with E-state index in [2.05, 4.69) is 30.3 Å². The van der Waals surface area contributed by atoms with E-state index in [0.29, 0.717) is 42.8 Å². The molecule has 0 saturated carbocycles. The Hall–Kier alpha value is -6.57. The minimum Gasteiger partial charge on any atom is -0.491 e. The van der Waals surface area contributed by atoms with Gasteiger partial charge in [0, 0.05) is 42.0 Å². The Bertz CT molecular complexity index is 2930. The maximum atomic E-state index is 15.5. The van der Waals surface area contributed by atoms with Crippen LogP contribution in [0.4, 0.5) is 14.5 Å². The van der Waals surface area contributed by atoms with Crippen LogP contribution in [0.2, 0.25) is 0 Å². The predicted octanol–water partition coefficient (Wildman–Crippen LogP) is 7.56. The smallest absolute Gasteiger partial charge is 0.246 e. The van der Waals surface area contributed by atoms with E-state index < -0.39 is 62.1 Å². The monoisotopic (exact) mass is 969 g/mol. The van der Waals surface area contributed by atoms with Gasteiger partial charge in [-0.05, 0) is 78.6 Å². The molecule has 1 saturated heterocycles. The maximum Gasteiger partial charge on any atom is 0.246 e. The molecule has 0 spiro atoms. The summed E-state index contributed by atoms with van der Waals surface area (Å²) in [5.41, 5.74) is 4.02. The molecule has 0 radical (unpaired) electrons. The van der Waals surface area contributed by atoms with Crippen LogP contribution in [-0.2, 0) is 35.7 Å². The van der Waals surface area contributed by atoms with E-state index >= 15 is 8.78 Å². The van der Waals surface area contributed by atoms with Crippen molar-refractivity contribution in [2.45, 2.75) is 72.5 Å². The zero-order valence-electron chi connectivity index (χ0n) is 38.3. The fourth-order valence-corrected chi connectivity index (χ4v) is 9.88. The van der Waals surface area contributed by atoms with Crippen molar-refractivity contribution in [1.82, 2.24) is 30.5 Å². The first-order valence-electron chi connectivity index (χ1n) is 22.1. The van der Waals surface area contributed by atoms with Crippen LogP contribution < -0.4 is 20.1 Å². The predicted molar refractivity (Wildman–Crippen MR) is 256 cm³/mol. The van der Waals surface area contributed by atoms with E-state index in [1.54, 1.807) is 59.7 Å². The summed E-state index contributed by atoms with van der Waals surface area (Å²) in [6.45, 7) is 9.59. The zero-order chi connectivity index (χ0) is 48.8. The number of H-pyrrole nitrogens is 1. The number of sulfonamides is 1. The Balaban J connectivity index is 0.913. The van der Waals surface area contributed by atoms with Crippen molar-refractivity contribution < 1.29 is 45.9 Å². The number of carbonyl (C=O) groups excluding carboxylic acids is 4. The van der Waals surface area contributed by atoms with Crippen molar-refractivity contribution in [3.05, 3.63) is 119 Å². The molecule has 3 aromatic carbocycles. The molecule has 1 aliphatic heterocycles. The first kappa shape index (κ1) is 49.3. The number of aryl methyl sites for hydroxylation is 1. The molecule has 6 aromatic rings. The number of hydrogen-bond donors (Lipinski definition) is 4. The van der Waals surface area contributed by atoms with Gasteiger partial charge in [0.1, 0.15) is 42.5 Å². The summed E-state index contributed by atoms with van der Waals surface area (Å²) in [6, 6.07) is 16.7. The second-order valence-electron chi connectivity index (χ2n) is 17.5. The third-order valence-corrected chi connectivity index (χ3v) is 13.9. The number of ether oxygens (including phenoxy) is 2. The van der Waals surface area contributed by atoms with Gasteiger partial charge in [-0.2, -0.15) is 0 Å². The van der Waals surface area contributed by atoms with Crippen molar-refractivity contribution in [2.24, 2.45) is 5.41 Å². The van der Waals surface area contributed by atoms with Crippen LogP contribution in [0.1, 0.15) is 74.1 Å². The van der Waals surface area contributed by atoms with Crippen molar-refractivity contribution in [2.75, 3.05) is 36.8 Å². The lowest BCUT2D eigenvalue weighted by atomic mass is 9.85. The second kappa shape index (κ2) is 21.2. The number of aromatic amines is 1. The number of benzene rings is 3. The summed E-state index contributed by atoms with van der Waals surface area (Å²) < 4.78 is 68.8. The number of nitrogens with one attached hydrogen (secondary N) is 4. The van der Waals surface area contributed by atoms with Crippen molar-refractivity contribution in [3.8, 4) is 27.3 Å². The van der Waals surface area contributed by atoms with Gasteiger partial charge in [0.15, 0.2) is 5.82 Å². The summed E-state index contributed by atoms with van der Waals surface area (Å²) in [5, 5.41) is 6.10. The molecule has 7 rings (SSSR count). The average Bonchev–Trinajstić information content (AvgIpc) is 4.08. The number of ketones is 1. The number of thiazole rings is 1. The number of rotatable bonds is 19. The summed E-state index contributed by atoms with van der Waals surface area (Å²) in [4.78, 5) is 68.5. The quantitative estimate of drug-likeness (QED) is 0.0464. The van der Waals surface area contributed by atoms with Gasteiger partial charge in [-0.25, -0.2) is 27.2 Å². The Morgan fingerprint density at radius 1 is 0.985 bits per heavy atom. The number of halogens is 2. The molecule has 19 heteroatoms. The van der Waals surface area contributed by atoms with Gasteiger partial charge >= 0.3 is 0 Å². The van der Waals surface area contributed by atoms with E-state index in [-0.39, 0.29) is 60.4 Å². The second-order valence-corrected chi connectivity index (χ2v) is 20.2. The van der Waals surface area contributed by atoms with Crippen LogP contribution in [-0.4, -0.2) is 96.0 Å². The standard InChI is InChI=1S/C49H53F2N7O8S2/c1-6-21-68(63,64)57-38-17-16-37(50)41(42(38)51)43(60)36-26-53-46-35(36)23-33(25-52-46)32-9-7-10-34(22-32)66-20-19-65-27-40(59)56-45(49(3,4)5)48(62)58-18-8-11-39(58)47(61)54-24-30-12-14-31(15-13-30)44-29(2)55-28-67-44/h7,9-10,12-17,22-23,25-26,28,39,45,57H,6,8,11,18-21,24,27H2,1-5H3,(H,52,53)(H,54,61)(H,56,59)/t39-,45+/m0/s1. The molecule has 358 valence electrons. The fourth-order valence-electron chi connectivity index (χ4n) is 7.94.